The van der Waals surface area contributed by atoms with Crippen LogP contribution < -0.4 is 5.32 Å². The summed E-state index contributed by atoms with van der Waals surface area (Å²) in [6.45, 7) is 2.61. The largest absolute Gasteiger partial charge is 0.339 e. The van der Waals surface area contributed by atoms with E-state index < -0.39 is 0 Å². The maximum absolute atomic E-state index is 13.0. The second-order valence-corrected chi connectivity index (χ2v) is 6.77. The van der Waals surface area contributed by atoms with E-state index in [1.54, 1.807) is 23.3 Å². The number of nitrogens with one attached hydrogen (secondary N) is 1. The van der Waals surface area contributed by atoms with Crippen LogP contribution >= 0.6 is 0 Å². The van der Waals surface area contributed by atoms with Gasteiger partial charge in [0.25, 0.3) is 5.91 Å². The summed E-state index contributed by atoms with van der Waals surface area (Å²) in [5, 5.41) is 7.52. The number of amides is 1. The molecule has 1 atom stereocenters. The maximum Gasteiger partial charge on any atom is 0.257 e. The van der Waals surface area contributed by atoms with Crippen LogP contribution in [0.1, 0.15) is 40.6 Å². The predicted octanol–water partition coefficient (Wildman–Crippen LogP) is 3.24. The van der Waals surface area contributed by atoms with Crippen molar-refractivity contribution in [2.45, 2.75) is 25.8 Å². The Balaban J connectivity index is 1.52. The van der Waals surface area contributed by atoms with E-state index in [2.05, 4.69) is 20.4 Å². The van der Waals surface area contributed by atoms with Crippen LogP contribution in [0.3, 0.4) is 0 Å². The highest BCUT2D eigenvalue weighted by atomic mass is 16.2. The number of carbonyl (C=O) groups is 1. The Morgan fingerprint density at radius 1 is 1.22 bits per heavy atom. The van der Waals surface area contributed by atoms with Crippen LogP contribution in [0, 0.1) is 6.92 Å². The average molecular weight is 362 g/mol. The fourth-order valence-corrected chi connectivity index (χ4v) is 3.54. The molecular formula is C20H22N6O. The number of aryl methyl sites for hydroxylation is 2. The van der Waals surface area contributed by atoms with E-state index in [0.717, 1.165) is 42.3 Å². The Hall–Kier alpha value is -3.22. The highest BCUT2D eigenvalue weighted by Crippen LogP contribution is 2.33. The molecule has 1 amide bonds. The van der Waals surface area contributed by atoms with Gasteiger partial charge in [-0.2, -0.15) is 5.10 Å². The third-order valence-electron chi connectivity index (χ3n) is 4.82. The zero-order valence-corrected chi connectivity index (χ0v) is 15.5. The van der Waals surface area contributed by atoms with Gasteiger partial charge in [0.2, 0.25) is 0 Å². The second kappa shape index (κ2) is 7.19. The lowest BCUT2D eigenvalue weighted by Crippen LogP contribution is -2.31. The fourth-order valence-electron chi connectivity index (χ4n) is 3.54. The number of pyridine rings is 2. The van der Waals surface area contributed by atoms with Crippen molar-refractivity contribution in [3.05, 3.63) is 65.9 Å². The first-order chi connectivity index (χ1) is 13.1. The molecule has 1 aliphatic heterocycles. The summed E-state index contributed by atoms with van der Waals surface area (Å²) < 4.78 is 1.68. The second-order valence-electron chi connectivity index (χ2n) is 6.77. The van der Waals surface area contributed by atoms with Crippen molar-refractivity contribution in [3.8, 4) is 0 Å². The van der Waals surface area contributed by atoms with Crippen molar-refractivity contribution >= 4 is 17.4 Å². The molecule has 138 valence electrons. The Morgan fingerprint density at radius 3 is 2.78 bits per heavy atom. The van der Waals surface area contributed by atoms with Crippen molar-refractivity contribution < 1.29 is 4.79 Å². The smallest absolute Gasteiger partial charge is 0.257 e. The maximum atomic E-state index is 13.0. The number of aromatic nitrogens is 4. The molecule has 7 heteroatoms. The minimum atomic E-state index is 0.000932. The molecule has 7 nitrogen and oxygen atoms in total. The molecule has 0 radical (unpaired) electrons. The lowest BCUT2D eigenvalue weighted by molar-refractivity contribution is 0.0732. The van der Waals surface area contributed by atoms with Crippen molar-refractivity contribution in [1.82, 2.24) is 24.6 Å². The summed E-state index contributed by atoms with van der Waals surface area (Å²) in [5.41, 5.74) is 3.21. The van der Waals surface area contributed by atoms with Crippen LogP contribution in [0.15, 0.2) is 48.9 Å². The molecule has 1 N–H and O–H groups in total. The lowest BCUT2D eigenvalue weighted by atomic mass is 10.1. The van der Waals surface area contributed by atoms with E-state index in [9.17, 15) is 4.79 Å². The quantitative estimate of drug-likeness (QED) is 0.771. The molecule has 1 fully saturated rings. The zero-order chi connectivity index (χ0) is 18.8. The Kier molecular flexibility index (Phi) is 4.58. The van der Waals surface area contributed by atoms with Crippen LogP contribution in [0.4, 0.5) is 11.5 Å². The van der Waals surface area contributed by atoms with Crippen LogP contribution in [0.25, 0.3) is 0 Å². The number of anilines is 2. The van der Waals surface area contributed by atoms with Gasteiger partial charge in [-0.3, -0.25) is 14.5 Å². The van der Waals surface area contributed by atoms with Crippen molar-refractivity contribution in [2.24, 2.45) is 7.05 Å². The predicted molar refractivity (Wildman–Crippen MR) is 103 cm³/mol. The third kappa shape index (κ3) is 3.53. The summed E-state index contributed by atoms with van der Waals surface area (Å²) in [5.74, 6) is 0.803. The van der Waals surface area contributed by atoms with Gasteiger partial charge >= 0.3 is 0 Å². The SMILES string of the molecule is Cc1nn(C)cc1C(=O)N1CCCC1c1ccc(Nc2ccccn2)cn1. The molecule has 4 rings (SSSR count). The minimum absolute atomic E-state index is 0.000932. The average Bonchev–Trinajstić information content (AvgIpc) is 3.29. The molecule has 4 heterocycles. The van der Waals surface area contributed by atoms with E-state index >= 15 is 0 Å². The van der Waals surface area contributed by atoms with Crippen molar-refractivity contribution in [1.29, 1.82) is 0 Å². The number of nitrogens with zero attached hydrogens (tertiary/aromatic N) is 5. The third-order valence-corrected chi connectivity index (χ3v) is 4.82. The van der Waals surface area contributed by atoms with E-state index in [-0.39, 0.29) is 11.9 Å². The monoisotopic (exact) mass is 362 g/mol. The van der Waals surface area contributed by atoms with Crippen LogP contribution in [-0.4, -0.2) is 37.1 Å². The molecule has 3 aromatic rings. The van der Waals surface area contributed by atoms with Crippen molar-refractivity contribution in [2.75, 3.05) is 11.9 Å². The molecule has 3 aromatic heterocycles. The van der Waals surface area contributed by atoms with E-state index in [1.165, 1.54) is 0 Å². The normalized spacial score (nSPS) is 16.5. The molecule has 0 spiro atoms. The number of hydrogen-bond donors (Lipinski definition) is 1. The molecule has 0 aromatic carbocycles. The highest BCUT2D eigenvalue weighted by Gasteiger charge is 2.32. The number of carbonyl (C=O) groups excluding carboxylic acids is 1. The fraction of sp³-hybridized carbons (Fsp3) is 0.300. The van der Waals surface area contributed by atoms with E-state index in [0.29, 0.717) is 5.56 Å². The van der Waals surface area contributed by atoms with Crippen molar-refractivity contribution in [3.63, 3.8) is 0 Å². The molecule has 0 bridgehead atoms. The first-order valence-electron chi connectivity index (χ1n) is 9.07. The number of hydrogen-bond acceptors (Lipinski definition) is 5. The molecular weight excluding hydrogens is 340 g/mol. The van der Waals surface area contributed by atoms with Gasteiger partial charge in [0, 0.05) is 26.0 Å². The Morgan fingerprint density at radius 2 is 2.11 bits per heavy atom. The molecule has 1 saturated heterocycles. The van der Waals surface area contributed by atoms with E-state index in [4.69, 9.17) is 0 Å². The minimum Gasteiger partial charge on any atom is -0.339 e. The van der Waals surface area contributed by atoms with Gasteiger partial charge in [-0.05, 0) is 44.0 Å². The zero-order valence-electron chi connectivity index (χ0n) is 15.5. The summed E-state index contributed by atoms with van der Waals surface area (Å²) in [6, 6.07) is 9.68. The first kappa shape index (κ1) is 17.2. The van der Waals surface area contributed by atoms with Gasteiger partial charge < -0.3 is 10.2 Å². The van der Waals surface area contributed by atoms with Gasteiger partial charge in [0.1, 0.15) is 5.82 Å². The van der Waals surface area contributed by atoms with Gasteiger partial charge in [-0.15, -0.1) is 0 Å². The highest BCUT2D eigenvalue weighted by molar-refractivity contribution is 5.95. The van der Waals surface area contributed by atoms with Crippen LogP contribution in [-0.2, 0) is 7.05 Å². The van der Waals surface area contributed by atoms with Crippen LogP contribution in [0.2, 0.25) is 0 Å². The van der Waals surface area contributed by atoms with Gasteiger partial charge in [-0.25, -0.2) is 4.98 Å². The van der Waals surface area contributed by atoms with Gasteiger partial charge in [0.15, 0.2) is 0 Å². The Bertz CT molecular complexity index is 935. The summed E-state index contributed by atoms with van der Waals surface area (Å²) >= 11 is 0. The van der Waals surface area contributed by atoms with Gasteiger partial charge in [0.05, 0.1) is 34.9 Å². The summed E-state index contributed by atoms with van der Waals surface area (Å²) in [7, 11) is 1.83. The lowest BCUT2D eigenvalue weighted by Gasteiger charge is -2.24. The first-order valence-corrected chi connectivity index (χ1v) is 9.07. The Labute approximate surface area is 158 Å². The standard InChI is InChI=1S/C20H22N6O/c1-14-16(13-25(2)24-14)20(27)26-11-5-6-18(26)17-9-8-15(12-22-17)23-19-7-3-4-10-21-19/h3-4,7-10,12-13,18H,5-6,11H2,1-2H3,(H,21,23). The summed E-state index contributed by atoms with van der Waals surface area (Å²) in [6.07, 6.45) is 7.23. The molecule has 1 aliphatic rings. The number of rotatable bonds is 4. The molecule has 27 heavy (non-hydrogen) atoms. The number of likely N-dealkylation sites (tertiary alicyclic amines) is 1. The summed E-state index contributed by atoms with van der Waals surface area (Å²) in [4.78, 5) is 23.8. The van der Waals surface area contributed by atoms with Crippen LogP contribution in [0.5, 0.6) is 0 Å². The molecule has 0 saturated carbocycles. The van der Waals surface area contributed by atoms with Gasteiger partial charge in [-0.1, -0.05) is 6.07 Å². The van der Waals surface area contributed by atoms with E-state index in [1.807, 2.05) is 49.2 Å². The molecule has 0 aliphatic carbocycles. The topological polar surface area (TPSA) is 75.9 Å². The molecule has 1 unspecified atom stereocenters.